The smallest absolute Gasteiger partial charge is 0.275 e. The van der Waals surface area contributed by atoms with Crippen molar-refractivity contribution in [1.29, 1.82) is 0 Å². The van der Waals surface area contributed by atoms with Crippen LogP contribution in [0, 0.1) is 0 Å². The highest BCUT2D eigenvalue weighted by Crippen LogP contribution is 2.35. The Morgan fingerprint density at radius 2 is 1.83 bits per heavy atom. The van der Waals surface area contributed by atoms with Crippen molar-refractivity contribution < 1.29 is 22.0 Å². The average Bonchev–Trinajstić information content (AvgIpc) is 3.06. The first-order valence-corrected chi connectivity index (χ1v) is 10.8. The van der Waals surface area contributed by atoms with Crippen molar-refractivity contribution in [3.63, 3.8) is 0 Å². The van der Waals surface area contributed by atoms with Crippen LogP contribution >= 0.6 is 0 Å². The van der Waals surface area contributed by atoms with Gasteiger partial charge in [-0.25, -0.2) is 22.2 Å². The topological polar surface area (TPSA) is 83.8 Å². The van der Waals surface area contributed by atoms with Gasteiger partial charge in [0, 0.05) is 23.5 Å². The molecule has 0 spiro atoms. The Morgan fingerprint density at radius 1 is 1.17 bits per heavy atom. The summed E-state index contributed by atoms with van der Waals surface area (Å²) in [5, 5.41) is 2.63. The third-order valence-corrected chi connectivity index (χ3v) is 6.68. The summed E-state index contributed by atoms with van der Waals surface area (Å²) in [6, 6.07) is 11.7. The second-order valence-electron chi connectivity index (χ2n) is 7.55. The summed E-state index contributed by atoms with van der Waals surface area (Å²) >= 11 is 0. The SMILES string of the molecule is CC(C)c1nc2cc(NC(=O)c3ccccc3)ccn2c1S(=O)(=O)N1CC(F)(F)C1. The highest BCUT2D eigenvalue weighted by atomic mass is 32.2. The number of carbonyl (C=O) groups is 1. The largest absolute Gasteiger partial charge is 0.322 e. The van der Waals surface area contributed by atoms with Gasteiger partial charge in [0.1, 0.15) is 5.65 Å². The second-order valence-corrected chi connectivity index (χ2v) is 9.40. The molecule has 2 aromatic heterocycles. The van der Waals surface area contributed by atoms with Gasteiger partial charge < -0.3 is 5.32 Å². The van der Waals surface area contributed by atoms with Gasteiger partial charge in [-0.2, -0.15) is 4.31 Å². The molecule has 0 unspecified atom stereocenters. The van der Waals surface area contributed by atoms with E-state index in [9.17, 15) is 22.0 Å². The number of rotatable bonds is 5. The maximum Gasteiger partial charge on any atom is 0.275 e. The number of alkyl halides is 2. The monoisotopic (exact) mass is 434 g/mol. The molecule has 0 atom stereocenters. The molecule has 1 N–H and O–H groups in total. The summed E-state index contributed by atoms with van der Waals surface area (Å²) in [4.78, 5) is 16.8. The molecule has 10 heteroatoms. The van der Waals surface area contributed by atoms with E-state index in [-0.39, 0.29) is 22.5 Å². The fourth-order valence-electron chi connectivity index (χ4n) is 3.31. The van der Waals surface area contributed by atoms with Gasteiger partial charge in [0.05, 0.1) is 18.8 Å². The summed E-state index contributed by atoms with van der Waals surface area (Å²) in [5.41, 5.74) is 1.51. The summed E-state index contributed by atoms with van der Waals surface area (Å²) in [5.74, 6) is -3.58. The van der Waals surface area contributed by atoms with E-state index in [0.29, 0.717) is 16.9 Å². The lowest BCUT2D eigenvalue weighted by molar-refractivity contribution is -0.0946. The molecule has 3 aromatic rings. The molecule has 1 aliphatic rings. The number of sulfonamides is 1. The number of hydrogen-bond donors (Lipinski definition) is 1. The molecule has 30 heavy (non-hydrogen) atoms. The number of anilines is 1. The number of benzene rings is 1. The Balaban J connectivity index is 1.72. The molecule has 1 aliphatic heterocycles. The van der Waals surface area contributed by atoms with E-state index >= 15 is 0 Å². The minimum absolute atomic E-state index is 0.121. The van der Waals surface area contributed by atoms with E-state index in [0.717, 1.165) is 4.31 Å². The van der Waals surface area contributed by atoms with Crippen LogP contribution in [-0.2, 0) is 10.0 Å². The van der Waals surface area contributed by atoms with Crippen LogP contribution in [0.4, 0.5) is 14.5 Å². The Morgan fingerprint density at radius 3 is 2.43 bits per heavy atom. The number of fused-ring (bicyclic) bond motifs is 1. The number of aromatic nitrogens is 2. The minimum Gasteiger partial charge on any atom is -0.322 e. The Kier molecular flexibility index (Phi) is 4.86. The maximum absolute atomic E-state index is 13.3. The standard InChI is InChI=1S/C20H20F2N4O3S/c1-13(2)17-19(30(28,29)25-11-20(21,22)12-25)26-9-8-15(10-16(26)24-17)23-18(27)14-6-4-3-5-7-14/h3-10,13H,11-12H2,1-2H3,(H,23,27). The summed E-state index contributed by atoms with van der Waals surface area (Å²) in [6.45, 7) is 1.88. The molecule has 158 valence electrons. The summed E-state index contributed by atoms with van der Waals surface area (Å²) in [6.07, 6.45) is 1.47. The molecule has 0 saturated carbocycles. The van der Waals surface area contributed by atoms with Crippen LogP contribution in [0.25, 0.3) is 5.65 Å². The van der Waals surface area contributed by atoms with Crippen molar-refractivity contribution >= 4 is 27.3 Å². The molecular formula is C20H20F2N4O3S. The van der Waals surface area contributed by atoms with Crippen LogP contribution in [0.2, 0.25) is 0 Å². The van der Waals surface area contributed by atoms with Crippen molar-refractivity contribution in [1.82, 2.24) is 13.7 Å². The lowest BCUT2D eigenvalue weighted by atomic mass is 10.2. The highest BCUT2D eigenvalue weighted by molar-refractivity contribution is 7.89. The van der Waals surface area contributed by atoms with Gasteiger partial charge in [0.25, 0.3) is 21.9 Å². The van der Waals surface area contributed by atoms with Gasteiger partial charge in [0.2, 0.25) is 0 Å². The van der Waals surface area contributed by atoms with Crippen molar-refractivity contribution in [2.45, 2.75) is 30.7 Å². The quantitative estimate of drug-likeness (QED) is 0.668. The predicted octanol–water partition coefficient (Wildman–Crippen LogP) is 3.35. The van der Waals surface area contributed by atoms with Crippen LogP contribution in [-0.4, -0.2) is 47.0 Å². The van der Waals surface area contributed by atoms with Crippen molar-refractivity contribution in [3.8, 4) is 0 Å². The van der Waals surface area contributed by atoms with Crippen molar-refractivity contribution in [2.24, 2.45) is 0 Å². The highest BCUT2D eigenvalue weighted by Gasteiger charge is 2.51. The summed E-state index contributed by atoms with van der Waals surface area (Å²) in [7, 11) is -4.14. The Hall–Kier alpha value is -2.85. The van der Waals surface area contributed by atoms with Crippen molar-refractivity contribution in [3.05, 3.63) is 59.9 Å². The second kappa shape index (κ2) is 7.13. The Labute approximate surface area is 172 Å². The Bertz CT molecular complexity index is 1220. The van der Waals surface area contributed by atoms with Crippen LogP contribution in [0.15, 0.2) is 53.7 Å². The van der Waals surface area contributed by atoms with Gasteiger partial charge in [-0.05, 0) is 24.1 Å². The van der Waals surface area contributed by atoms with Gasteiger partial charge in [-0.15, -0.1) is 0 Å². The third-order valence-electron chi connectivity index (χ3n) is 4.85. The molecule has 0 aliphatic carbocycles. The van der Waals surface area contributed by atoms with E-state index in [1.807, 2.05) is 0 Å². The van der Waals surface area contributed by atoms with Crippen LogP contribution in [0.1, 0.15) is 35.8 Å². The van der Waals surface area contributed by atoms with Crippen LogP contribution < -0.4 is 5.32 Å². The number of carbonyl (C=O) groups excluding carboxylic acids is 1. The van der Waals surface area contributed by atoms with Crippen LogP contribution in [0.5, 0.6) is 0 Å². The zero-order valence-corrected chi connectivity index (χ0v) is 17.2. The molecule has 4 rings (SSSR count). The average molecular weight is 434 g/mol. The molecule has 1 amide bonds. The van der Waals surface area contributed by atoms with E-state index in [1.54, 1.807) is 56.3 Å². The molecule has 1 aromatic carbocycles. The summed E-state index contributed by atoms with van der Waals surface area (Å²) < 4.78 is 54.7. The first kappa shape index (κ1) is 20.4. The molecule has 1 saturated heterocycles. The normalized spacial score (nSPS) is 16.6. The first-order valence-electron chi connectivity index (χ1n) is 9.35. The zero-order valence-electron chi connectivity index (χ0n) is 16.3. The molecule has 0 radical (unpaired) electrons. The van der Waals surface area contributed by atoms with Gasteiger partial charge in [-0.1, -0.05) is 32.0 Å². The molecule has 7 nitrogen and oxygen atoms in total. The van der Waals surface area contributed by atoms with Gasteiger partial charge in [0.15, 0.2) is 5.03 Å². The van der Waals surface area contributed by atoms with E-state index < -0.39 is 29.0 Å². The lowest BCUT2D eigenvalue weighted by Gasteiger charge is -2.37. The molecule has 1 fully saturated rings. The lowest BCUT2D eigenvalue weighted by Crippen LogP contribution is -2.58. The van der Waals surface area contributed by atoms with Crippen molar-refractivity contribution in [2.75, 3.05) is 18.4 Å². The maximum atomic E-state index is 13.3. The fourth-order valence-corrected chi connectivity index (χ4v) is 5.22. The number of hydrogen-bond acceptors (Lipinski definition) is 4. The molecule has 3 heterocycles. The van der Waals surface area contributed by atoms with Crippen LogP contribution in [0.3, 0.4) is 0 Å². The predicted molar refractivity (Wildman–Crippen MR) is 107 cm³/mol. The number of halogens is 2. The van der Waals surface area contributed by atoms with Gasteiger partial charge in [-0.3, -0.25) is 9.20 Å². The number of nitrogens with one attached hydrogen (secondary N) is 1. The number of amides is 1. The zero-order chi connectivity index (χ0) is 21.7. The minimum atomic E-state index is -4.14. The molecular weight excluding hydrogens is 414 g/mol. The van der Waals surface area contributed by atoms with E-state index in [1.165, 1.54) is 10.6 Å². The van der Waals surface area contributed by atoms with Gasteiger partial charge >= 0.3 is 0 Å². The van der Waals surface area contributed by atoms with E-state index in [2.05, 4.69) is 10.3 Å². The first-order chi connectivity index (χ1) is 14.1. The number of pyridine rings is 1. The third kappa shape index (κ3) is 3.56. The fraction of sp³-hybridized carbons (Fsp3) is 0.300. The number of nitrogens with zero attached hydrogens (tertiary/aromatic N) is 3. The van der Waals surface area contributed by atoms with E-state index in [4.69, 9.17) is 0 Å². The number of imidazole rings is 1. The molecule has 0 bridgehead atoms.